The molecule has 0 spiro atoms. The van der Waals surface area contributed by atoms with Gasteiger partial charge < -0.3 is 24.6 Å². The van der Waals surface area contributed by atoms with E-state index in [4.69, 9.17) is 19.3 Å². The lowest BCUT2D eigenvalue weighted by Gasteiger charge is -2.12. The van der Waals surface area contributed by atoms with Gasteiger partial charge in [0.25, 0.3) is 5.56 Å². The van der Waals surface area contributed by atoms with E-state index in [1.54, 1.807) is 38.5 Å². The molecule has 1 unspecified atom stereocenters. The first-order valence-electron chi connectivity index (χ1n) is 11.1. The number of benzene rings is 2. The highest BCUT2D eigenvalue weighted by Crippen LogP contribution is 2.33. The summed E-state index contributed by atoms with van der Waals surface area (Å²) in [4.78, 5) is 29.0. The molecule has 0 saturated heterocycles. The van der Waals surface area contributed by atoms with E-state index in [9.17, 15) is 4.79 Å². The maximum atomic E-state index is 12.7. The van der Waals surface area contributed by atoms with E-state index in [-0.39, 0.29) is 30.1 Å². The zero-order valence-electron chi connectivity index (χ0n) is 20.0. The molecule has 4 N–H and O–H groups in total. The number of hydrogen-bond donors (Lipinski definition) is 4. The van der Waals surface area contributed by atoms with Crippen molar-refractivity contribution in [3.8, 4) is 17.2 Å². The predicted octanol–water partition coefficient (Wildman–Crippen LogP) is 2.28. The van der Waals surface area contributed by atoms with Crippen LogP contribution in [-0.2, 0) is 0 Å². The first-order chi connectivity index (χ1) is 16.9. The van der Waals surface area contributed by atoms with E-state index in [2.05, 4.69) is 30.6 Å². The van der Waals surface area contributed by atoms with Gasteiger partial charge in [-0.1, -0.05) is 0 Å². The molecule has 0 radical (unpaired) electrons. The quantitative estimate of drug-likeness (QED) is 0.250. The maximum absolute atomic E-state index is 12.7. The average molecular weight is 481 g/mol. The Hall–Kier alpha value is -3.96. The van der Waals surface area contributed by atoms with Gasteiger partial charge in [-0.3, -0.25) is 15.1 Å². The van der Waals surface area contributed by atoms with E-state index in [1.807, 2.05) is 19.9 Å². The van der Waals surface area contributed by atoms with Gasteiger partial charge in [0, 0.05) is 24.0 Å². The van der Waals surface area contributed by atoms with Gasteiger partial charge in [0.1, 0.15) is 12.4 Å². The molecule has 1 atom stereocenters. The number of ether oxygens (including phenoxy) is 3. The Kier molecular flexibility index (Phi) is 7.28. The number of aromatic amines is 1. The summed E-state index contributed by atoms with van der Waals surface area (Å²) in [6.45, 7) is 4.77. The number of nitrogens with one attached hydrogen (secondary N) is 3. The number of anilines is 2. The Labute approximate surface area is 201 Å². The Morgan fingerprint density at radius 2 is 1.80 bits per heavy atom. The molecule has 4 aromatic rings. The molecule has 2 aromatic carbocycles. The summed E-state index contributed by atoms with van der Waals surface area (Å²) >= 11 is 0. The zero-order chi connectivity index (χ0) is 24.9. The molecule has 0 aliphatic carbocycles. The normalized spacial score (nSPS) is 12.0. The van der Waals surface area contributed by atoms with Crippen LogP contribution in [0, 0.1) is 6.92 Å². The lowest BCUT2D eigenvalue weighted by atomic mass is 10.1. The monoisotopic (exact) mass is 480 g/mol. The highest BCUT2D eigenvalue weighted by Gasteiger charge is 2.13. The van der Waals surface area contributed by atoms with Crippen molar-refractivity contribution in [2.45, 2.75) is 19.9 Å². The Morgan fingerprint density at radius 3 is 2.54 bits per heavy atom. The minimum atomic E-state index is -0.320. The number of aromatic nitrogens is 4. The summed E-state index contributed by atoms with van der Waals surface area (Å²) in [5, 5.41) is 16.4. The summed E-state index contributed by atoms with van der Waals surface area (Å²) in [5.74, 6) is 2.21. The first-order valence-corrected chi connectivity index (χ1v) is 11.1. The van der Waals surface area contributed by atoms with Gasteiger partial charge in [-0.15, -0.1) is 0 Å². The van der Waals surface area contributed by atoms with Crippen LogP contribution in [-0.4, -0.2) is 65.1 Å². The summed E-state index contributed by atoms with van der Waals surface area (Å²) in [6, 6.07) is 8.71. The fourth-order valence-electron chi connectivity index (χ4n) is 3.58. The van der Waals surface area contributed by atoms with Crippen molar-refractivity contribution >= 4 is 33.7 Å². The molecular formula is C24H28N6O5. The van der Waals surface area contributed by atoms with Crippen LogP contribution in [0.25, 0.3) is 21.8 Å². The highest BCUT2D eigenvalue weighted by molar-refractivity contribution is 5.86. The number of nitrogens with zero attached hydrogens (tertiary/aromatic N) is 3. The van der Waals surface area contributed by atoms with E-state index in [1.165, 1.54) is 0 Å². The van der Waals surface area contributed by atoms with Crippen molar-refractivity contribution in [1.29, 1.82) is 0 Å². The number of fused-ring (bicyclic) bond motifs is 2. The molecule has 4 rings (SSSR count). The molecule has 35 heavy (non-hydrogen) atoms. The third kappa shape index (κ3) is 5.42. The SMILES string of the molecule is COc1cc2nc(Nc3nc4ccc(OCCNC(C)CO)cc4c(=O)[nH]3)nc(C)c2cc1OC. The molecule has 2 heterocycles. The molecule has 11 heteroatoms. The molecule has 0 aliphatic heterocycles. The van der Waals surface area contributed by atoms with Crippen LogP contribution in [0.5, 0.6) is 17.2 Å². The van der Waals surface area contributed by atoms with Gasteiger partial charge in [-0.2, -0.15) is 0 Å². The molecule has 184 valence electrons. The lowest BCUT2D eigenvalue weighted by molar-refractivity contribution is 0.239. The number of hydrogen-bond acceptors (Lipinski definition) is 10. The van der Waals surface area contributed by atoms with Crippen LogP contribution in [0.1, 0.15) is 12.6 Å². The van der Waals surface area contributed by atoms with Gasteiger partial charge in [-0.25, -0.2) is 15.0 Å². The van der Waals surface area contributed by atoms with Gasteiger partial charge in [-0.05, 0) is 38.1 Å². The summed E-state index contributed by atoms with van der Waals surface area (Å²) in [5.41, 5.74) is 1.56. The average Bonchev–Trinajstić information content (AvgIpc) is 2.86. The number of aliphatic hydroxyl groups excluding tert-OH is 1. The standard InChI is InChI=1S/C24H28N6O5/c1-13(12-31)25-7-8-35-15-5-6-18-17(9-15)22(32)29-24(27-18)30-23-26-14(2)16-10-20(33-3)21(34-4)11-19(16)28-23/h5-6,9-11,13,25,31H,7-8,12H2,1-4H3,(H2,26,27,28,29,30,32). The van der Waals surface area contributed by atoms with E-state index >= 15 is 0 Å². The van der Waals surface area contributed by atoms with Crippen molar-refractivity contribution in [3.05, 3.63) is 46.4 Å². The Morgan fingerprint density at radius 1 is 1.03 bits per heavy atom. The molecule has 11 nitrogen and oxygen atoms in total. The number of aryl methyl sites for hydroxylation is 1. The van der Waals surface area contributed by atoms with E-state index < -0.39 is 0 Å². The van der Waals surface area contributed by atoms with Crippen LogP contribution in [0.4, 0.5) is 11.9 Å². The summed E-state index contributed by atoms with van der Waals surface area (Å²) in [6.07, 6.45) is 0. The predicted molar refractivity (Wildman–Crippen MR) is 133 cm³/mol. The largest absolute Gasteiger partial charge is 0.493 e. The van der Waals surface area contributed by atoms with Crippen molar-refractivity contribution in [1.82, 2.24) is 25.3 Å². The van der Waals surface area contributed by atoms with Crippen molar-refractivity contribution in [2.24, 2.45) is 0 Å². The summed E-state index contributed by atoms with van der Waals surface area (Å²) in [7, 11) is 3.13. The Bertz CT molecular complexity index is 1410. The number of methoxy groups -OCH3 is 2. The van der Waals surface area contributed by atoms with Crippen LogP contribution < -0.4 is 30.4 Å². The first kappa shape index (κ1) is 24.2. The van der Waals surface area contributed by atoms with Crippen molar-refractivity contribution in [2.75, 3.05) is 39.3 Å². The summed E-state index contributed by atoms with van der Waals surface area (Å²) < 4.78 is 16.4. The van der Waals surface area contributed by atoms with E-state index in [0.29, 0.717) is 46.8 Å². The lowest BCUT2D eigenvalue weighted by Crippen LogP contribution is -2.32. The third-order valence-electron chi connectivity index (χ3n) is 5.44. The number of H-pyrrole nitrogens is 1. The van der Waals surface area contributed by atoms with Gasteiger partial charge >= 0.3 is 0 Å². The van der Waals surface area contributed by atoms with Crippen LogP contribution in [0.2, 0.25) is 0 Å². The van der Waals surface area contributed by atoms with Gasteiger partial charge in [0.15, 0.2) is 11.5 Å². The molecular weight excluding hydrogens is 452 g/mol. The molecule has 0 amide bonds. The third-order valence-corrected chi connectivity index (χ3v) is 5.44. The molecule has 0 bridgehead atoms. The number of aliphatic hydroxyl groups is 1. The van der Waals surface area contributed by atoms with Gasteiger partial charge in [0.2, 0.25) is 11.9 Å². The highest BCUT2D eigenvalue weighted by atomic mass is 16.5. The topological polar surface area (TPSA) is 144 Å². The van der Waals surface area contributed by atoms with Crippen LogP contribution in [0.3, 0.4) is 0 Å². The number of rotatable bonds is 10. The maximum Gasteiger partial charge on any atom is 0.260 e. The fraction of sp³-hybridized carbons (Fsp3) is 0.333. The van der Waals surface area contributed by atoms with E-state index in [0.717, 1.165) is 11.1 Å². The Balaban J connectivity index is 1.56. The molecule has 0 saturated carbocycles. The smallest absolute Gasteiger partial charge is 0.260 e. The van der Waals surface area contributed by atoms with Crippen LogP contribution >= 0.6 is 0 Å². The molecule has 0 fully saturated rings. The zero-order valence-corrected chi connectivity index (χ0v) is 20.0. The minimum Gasteiger partial charge on any atom is -0.493 e. The van der Waals surface area contributed by atoms with Gasteiger partial charge in [0.05, 0.1) is 42.9 Å². The second kappa shape index (κ2) is 10.5. The van der Waals surface area contributed by atoms with Crippen molar-refractivity contribution < 1.29 is 19.3 Å². The second-order valence-corrected chi connectivity index (χ2v) is 7.96. The molecule has 2 aromatic heterocycles. The second-order valence-electron chi connectivity index (χ2n) is 7.96. The van der Waals surface area contributed by atoms with Crippen LogP contribution in [0.15, 0.2) is 35.1 Å². The minimum absolute atomic E-state index is 0.00611. The fourth-order valence-corrected chi connectivity index (χ4v) is 3.58. The molecule has 0 aliphatic rings. The van der Waals surface area contributed by atoms with Crippen molar-refractivity contribution in [3.63, 3.8) is 0 Å².